The number of hydrogen-bond donors (Lipinski definition) is 0. The number of aromatic nitrogens is 2. The van der Waals surface area contributed by atoms with Crippen molar-refractivity contribution in [3.05, 3.63) is 54.1 Å². The third-order valence-electron chi connectivity index (χ3n) is 7.36. The van der Waals surface area contributed by atoms with Crippen molar-refractivity contribution in [2.24, 2.45) is 5.92 Å². The topological polar surface area (TPSA) is 50.6 Å². The van der Waals surface area contributed by atoms with Gasteiger partial charge in [-0.25, -0.2) is 4.98 Å². The highest BCUT2D eigenvalue weighted by molar-refractivity contribution is 5.88. The number of morpholine rings is 1. The maximum absolute atomic E-state index is 13.9. The Morgan fingerprint density at radius 3 is 2.71 bits per heavy atom. The Bertz CT molecular complexity index is 907. The molecule has 1 saturated carbocycles. The van der Waals surface area contributed by atoms with Crippen LogP contribution in [-0.4, -0.2) is 63.6 Å². The second-order valence-corrected chi connectivity index (χ2v) is 9.83. The number of ether oxygens (including phenoxy) is 1. The second kappa shape index (κ2) is 8.40. The van der Waals surface area contributed by atoms with Crippen LogP contribution in [0.2, 0.25) is 0 Å². The summed E-state index contributed by atoms with van der Waals surface area (Å²) in [6, 6.07) is 10.8. The smallest absolute Gasteiger partial charge is 0.257 e. The summed E-state index contributed by atoms with van der Waals surface area (Å²) in [7, 11) is 0. The summed E-state index contributed by atoms with van der Waals surface area (Å²) in [5, 5.41) is 0. The predicted octanol–water partition coefficient (Wildman–Crippen LogP) is 3.46. The average Bonchev–Trinajstić information content (AvgIpc) is 3.34. The molecule has 1 aliphatic carbocycles. The van der Waals surface area contributed by atoms with E-state index < -0.39 is 5.60 Å². The fourth-order valence-electron chi connectivity index (χ4n) is 5.32. The van der Waals surface area contributed by atoms with Gasteiger partial charge in [0.1, 0.15) is 0 Å². The number of rotatable bonds is 6. The van der Waals surface area contributed by atoms with Crippen molar-refractivity contribution in [2.75, 3.05) is 32.8 Å². The zero-order chi connectivity index (χ0) is 21.4. The van der Waals surface area contributed by atoms with Gasteiger partial charge < -0.3 is 14.2 Å². The maximum Gasteiger partial charge on any atom is 0.257 e. The van der Waals surface area contributed by atoms with E-state index in [2.05, 4.69) is 58.7 Å². The van der Waals surface area contributed by atoms with Crippen LogP contribution >= 0.6 is 0 Å². The zero-order valence-corrected chi connectivity index (χ0v) is 18.7. The number of benzene rings is 1. The Balaban J connectivity index is 1.44. The summed E-state index contributed by atoms with van der Waals surface area (Å²) in [6.45, 7) is 8.75. The maximum atomic E-state index is 13.9. The van der Waals surface area contributed by atoms with Crippen molar-refractivity contribution in [1.29, 1.82) is 0 Å². The van der Waals surface area contributed by atoms with E-state index >= 15 is 0 Å². The number of amides is 1. The molecular weight excluding hydrogens is 388 g/mol. The van der Waals surface area contributed by atoms with Gasteiger partial charge in [0.15, 0.2) is 5.60 Å². The van der Waals surface area contributed by atoms with E-state index in [1.165, 1.54) is 24.8 Å². The number of imidazole rings is 1. The third-order valence-corrected chi connectivity index (χ3v) is 7.36. The molecule has 2 atom stereocenters. The third kappa shape index (κ3) is 3.92. The molecule has 2 saturated heterocycles. The molecule has 2 aromatic rings. The first-order valence-electron chi connectivity index (χ1n) is 11.8. The van der Waals surface area contributed by atoms with Gasteiger partial charge in [0.25, 0.3) is 5.91 Å². The minimum Gasteiger partial charge on any atom is -0.361 e. The highest BCUT2D eigenvalue weighted by Crippen LogP contribution is 2.42. The number of hydrogen-bond acceptors (Lipinski definition) is 4. The van der Waals surface area contributed by atoms with Gasteiger partial charge in [-0.2, -0.15) is 0 Å². The first kappa shape index (κ1) is 20.7. The van der Waals surface area contributed by atoms with Crippen molar-refractivity contribution < 1.29 is 9.53 Å². The minimum atomic E-state index is -0.826. The zero-order valence-electron chi connectivity index (χ0n) is 18.7. The van der Waals surface area contributed by atoms with Gasteiger partial charge in [0.05, 0.1) is 24.5 Å². The number of carbonyl (C=O) groups excluding carboxylic acids is 1. The van der Waals surface area contributed by atoms with Gasteiger partial charge in [0.2, 0.25) is 0 Å². The molecule has 0 N–H and O–H groups in total. The number of nitrogens with zero attached hydrogens (tertiary/aromatic N) is 4. The first-order valence-corrected chi connectivity index (χ1v) is 11.8. The molecule has 1 aromatic carbocycles. The van der Waals surface area contributed by atoms with Crippen molar-refractivity contribution in [1.82, 2.24) is 19.4 Å². The Morgan fingerprint density at radius 1 is 1.23 bits per heavy atom. The van der Waals surface area contributed by atoms with Gasteiger partial charge in [-0.1, -0.05) is 36.8 Å². The highest BCUT2D eigenvalue weighted by Gasteiger charge is 2.57. The largest absolute Gasteiger partial charge is 0.361 e. The quantitative estimate of drug-likeness (QED) is 0.715. The molecule has 6 nitrogen and oxygen atoms in total. The fourth-order valence-corrected chi connectivity index (χ4v) is 5.32. The Labute approximate surface area is 185 Å². The molecule has 1 amide bonds. The normalized spacial score (nSPS) is 27.4. The molecule has 0 unspecified atom stereocenters. The highest BCUT2D eigenvalue weighted by atomic mass is 16.5. The van der Waals surface area contributed by atoms with Crippen molar-refractivity contribution in [2.45, 2.75) is 57.2 Å². The molecule has 31 heavy (non-hydrogen) atoms. The standard InChI is InChI=1S/C25H34N4O2/c1-19(2)29-16-23(26-18-29)22-15-27(13-20-7-4-3-5-8-20)17-25(22)24(30)28(11-12-31-25)14-21-9-6-10-21/h3-5,7-8,16,18-19,21-22H,6,9-15,17H2,1-2H3/t22-,25-/m1/s1. The summed E-state index contributed by atoms with van der Waals surface area (Å²) in [4.78, 5) is 23.1. The molecule has 1 spiro atoms. The predicted molar refractivity (Wildman–Crippen MR) is 120 cm³/mol. The molecule has 0 bridgehead atoms. The van der Waals surface area contributed by atoms with Crippen LogP contribution in [0.1, 0.15) is 56.3 Å². The van der Waals surface area contributed by atoms with E-state index in [-0.39, 0.29) is 11.8 Å². The lowest BCUT2D eigenvalue weighted by molar-refractivity contribution is -0.173. The van der Waals surface area contributed by atoms with Crippen LogP contribution in [0.25, 0.3) is 0 Å². The summed E-state index contributed by atoms with van der Waals surface area (Å²) in [5.41, 5.74) is 1.41. The first-order chi connectivity index (χ1) is 15.0. The van der Waals surface area contributed by atoms with Gasteiger partial charge in [-0.3, -0.25) is 9.69 Å². The Morgan fingerprint density at radius 2 is 2.03 bits per heavy atom. The van der Waals surface area contributed by atoms with Crippen molar-refractivity contribution in [3.63, 3.8) is 0 Å². The van der Waals surface area contributed by atoms with Gasteiger partial charge in [0, 0.05) is 45.0 Å². The van der Waals surface area contributed by atoms with E-state index in [1.807, 2.05) is 12.4 Å². The van der Waals surface area contributed by atoms with Crippen LogP contribution in [0.3, 0.4) is 0 Å². The Hall–Kier alpha value is -2.18. The minimum absolute atomic E-state index is 0.0482. The summed E-state index contributed by atoms with van der Waals surface area (Å²) >= 11 is 0. The van der Waals surface area contributed by atoms with E-state index in [0.29, 0.717) is 31.7 Å². The number of carbonyl (C=O) groups is 1. The van der Waals surface area contributed by atoms with Gasteiger partial charge >= 0.3 is 0 Å². The van der Waals surface area contributed by atoms with Gasteiger partial charge in [-0.15, -0.1) is 0 Å². The molecule has 1 aromatic heterocycles. The van der Waals surface area contributed by atoms with Crippen LogP contribution in [0, 0.1) is 5.92 Å². The molecule has 6 heteroatoms. The second-order valence-electron chi connectivity index (χ2n) is 9.83. The van der Waals surface area contributed by atoms with Gasteiger partial charge in [-0.05, 0) is 38.2 Å². The van der Waals surface area contributed by atoms with E-state index in [4.69, 9.17) is 9.72 Å². The average molecular weight is 423 g/mol. The molecule has 3 aliphatic rings. The lowest BCUT2D eigenvalue weighted by Crippen LogP contribution is -2.61. The Kier molecular flexibility index (Phi) is 5.61. The lowest BCUT2D eigenvalue weighted by Gasteiger charge is -2.44. The monoisotopic (exact) mass is 422 g/mol. The summed E-state index contributed by atoms with van der Waals surface area (Å²) in [5.74, 6) is 0.790. The number of likely N-dealkylation sites (tertiary alicyclic amines) is 1. The summed E-state index contributed by atoms with van der Waals surface area (Å²) < 4.78 is 8.55. The van der Waals surface area contributed by atoms with Crippen molar-refractivity contribution >= 4 is 5.91 Å². The van der Waals surface area contributed by atoms with E-state index in [9.17, 15) is 4.79 Å². The van der Waals surface area contributed by atoms with Crippen LogP contribution < -0.4 is 0 Å². The van der Waals surface area contributed by atoms with Crippen LogP contribution in [0.5, 0.6) is 0 Å². The summed E-state index contributed by atoms with van der Waals surface area (Å²) in [6.07, 6.45) is 7.81. The molecule has 3 heterocycles. The van der Waals surface area contributed by atoms with E-state index in [1.54, 1.807) is 0 Å². The molecule has 0 radical (unpaired) electrons. The van der Waals surface area contributed by atoms with Crippen LogP contribution in [0.4, 0.5) is 0 Å². The molecule has 2 aliphatic heterocycles. The van der Waals surface area contributed by atoms with Crippen LogP contribution in [-0.2, 0) is 16.1 Å². The van der Waals surface area contributed by atoms with E-state index in [0.717, 1.165) is 25.3 Å². The molecule has 166 valence electrons. The van der Waals surface area contributed by atoms with Crippen molar-refractivity contribution in [3.8, 4) is 0 Å². The fraction of sp³-hybridized carbons (Fsp3) is 0.600. The SMILES string of the molecule is CC(C)n1cnc([C@H]2CN(Cc3ccccc3)C[C@@]23OCCN(CC2CCC2)C3=O)c1. The lowest BCUT2D eigenvalue weighted by atomic mass is 9.82. The molecular formula is C25H34N4O2. The van der Waals surface area contributed by atoms with Crippen LogP contribution in [0.15, 0.2) is 42.9 Å². The molecule has 3 fully saturated rings. The molecule has 5 rings (SSSR count).